The molecule has 0 aliphatic heterocycles. The van der Waals surface area contributed by atoms with E-state index in [4.69, 9.17) is 28.3 Å². The molecule has 110 valence electrons. The number of nitrogens with one attached hydrogen (secondary N) is 1. The minimum Gasteiger partial charge on any atom is -0.478 e. The summed E-state index contributed by atoms with van der Waals surface area (Å²) in [5.41, 5.74) is 2.89. The molecule has 0 aromatic heterocycles. The molecular weight excluding hydrogens is 309 g/mol. The third-order valence-corrected chi connectivity index (χ3v) is 3.85. The molecule has 0 aliphatic carbocycles. The number of aromatic carboxylic acids is 1. The van der Waals surface area contributed by atoms with E-state index in [1.165, 1.54) is 0 Å². The van der Waals surface area contributed by atoms with Crippen LogP contribution in [0.2, 0.25) is 10.0 Å². The zero-order chi connectivity index (χ0) is 15.6. The Morgan fingerprint density at radius 1 is 1.19 bits per heavy atom. The summed E-state index contributed by atoms with van der Waals surface area (Å²) in [5.74, 6) is -0.935. The summed E-state index contributed by atoms with van der Waals surface area (Å²) in [6.07, 6.45) is 0. The highest BCUT2D eigenvalue weighted by Crippen LogP contribution is 2.29. The number of carboxylic acid groups (broad SMARTS) is 1. The number of hydrogen-bond donors (Lipinski definition) is 2. The van der Waals surface area contributed by atoms with Gasteiger partial charge in [0.2, 0.25) is 0 Å². The van der Waals surface area contributed by atoms with Gasteiger partial charge in [0.25, 0.3) is 0 Å². The molecule has 2 rings (SSSR count). The minimum atomic E-state index is -0.935. The Labute approximate surface area is 133 Å². The van der Waals surface area contributed by atoms with Crippen LogP contribution in [0, 0.1) is 6.92 Å². The van der Waals surface area contributed by atoms with Crippen molar-refractivity contribution in [3.63, 3.8) is 0 Å². The second-order valence-electron chi connectivity index (χ2n) is 4.87. The van der Waals surface area contributed by atoms with Gasteiger partial charge in [-0.1, -0.05) is 23.2 Å². The monoisotopic (exact) mass is 323 g/mol. The van der Waals surface area contributed by atoms with Gasteiger partial charge in [-0.25, -0.2) is 4.79 Å². The predicted molar refractivity (Wildman–Crippen MR) is 86.6 cm³/mol. The molecule has 0 spiro atoms. The number of aryl methyl sites for hydroxylation is 1. The Balaban J connectivity index is 2.25. The fourth-order valence-electron chi connectivity index (χ4n) is 2.12. The molecule has 0 fully saturated rings. The molecule has 2 N–H and O–H groups in total. The van der Waals surface area contributed by atoms with Gasteiger partial charge in [0.15, 0.2) is 0 Å². The SMILES string of the molecule is Cc1cc(C(=O)O)ccc1N[C@H](C)c1cc(Cl)ccc1Cl. The smallest absolute Gasteiger partial charge is 0.335 e. The van der Waals surface area contributed by atoms with Crippen LogP contribution < -0.4 is 5.32 Å². The molecular formula is C16H15Cl2NO2. The molecule has 2 aromatic rings. The van der Waals surface area contributed by atoms with Gasteiger partial charge in [0.05, 0.1) is 11.6 Å². The predicted octanol–water partition coefficient (Wildman–Crippen LogP) is 5.17. The molecule has 0 bridgehead atoms. The number of carboxylic acids is 1. The summed E-state index contributed by atoms with van der Waals surface area (Å²) in [6, 6.07) is 10.2. The first-order valence-corrected chi connectivity index (χ1v) is 7.19. The topological polar surface area (TPSA) is 49.3 Å². The maximum Gasteiger partial charge on any atom is 0.335 e. The van der Waals surface area contributed by atoms with Gasteiger partial charge in [-0.05, 0) is 61.4 Å². The van der Waals surface area contributed by atoms with Crippen LogP contribution in [0.4, 0.5) is 5.69 Å². The minimum absolute atomic E-state index is 0.0504. The Bertz CT molecular complexity index is 686. The van der Waals surface area contributed by atoms with E-state index in [1.54, 1.807) is 30.3 Å². The quantitative estimate of drug-likeness (QED) is 0.815. The number of rotatable bonds is 4. The van der Waals surface area contributed by atoms with Crippen molar-refractivity contribution in [2.45, 2.75) is 19.9 Å². The molecule has 0 radical (unpaired) electrons. The normalized spacial score (nSPS) is 12.0. The number of benzene rings is 2. The van der Waals surface area contributed by atoms with E-state index in [0.717, 1.165) is 16.8 Å². The third kappa shape index (κ3) is 3.69. The third-order valence-electron chi connectivity index (χ3n) is 3.27. The first-order valence-electron chi connectivity index (χ1n) is 6.44. The van der Waals surface area contributed by atoms with Crippen molar-refractivity contribution in [3.8, 4) is 0 Å². The molecule has 2 aromatic carbocycles. The van der Waals surface area contributed by atoms with Crippen molar-refractivity contribution in [1.29, 1.82) is 0 Å². The number of halogens is 2. The molecule has 0 saturated heterocycles. The zero-order valence-electron chi connectivity index (χ0n) is 11.7. The highest BCUT2D eigenvalue weighted by molar-refractivity contribution is 6.33. The van der Waals surface area contributed by atoms with Crippen molar-refractivity contribution in [3.05, 3.63) is 63.1 Å². The van der Waals surface area contributed by atoms with Gasteiger partial charge in [0, 0.05) is 15.7 Å². The average molecular weight is 324 g/mol. The van der Waals surface area contributed by atoms with Crippen LogP contribution in [0.15, 0.2) is 36.4 Å². The lowest BCUT2D eigenvalue weighted by atomic mass is 10.1. The van der Waals surface area contributed by atoms with Crippen molar-refractivity contribution in [2.75, 3.05) is 5.32 Å². The van der Waals surface area contributed by atoms with Crippen molar-refractivity contribution in [1.82, 2.24) is 0 Å². The maximum absolute atomic E-state index is 10.9. The number of anilines is 1. The van der Waals surface area contributed by atoms with Crippen LogP contribution in [-0.2, 0) is 0 Å². The fourth-order valence-corrected chi connectivity index (χ4v) is 2.58. The van der Waals surface area contributed by atoms with Gasteiger partial charge in [-0.15, -0.1) is 0 Å². The summed E-state index contributed by atoms with van der Waals surface area (Å²) in [5, 5.41) is 13.6. The van der Waals surface area contributed by atoms with E-state index in [2.05, 4.69) is 5.32 Å². The number of carbonyl (C=O) groups is 1. The van der Waals surface area contributed by atoms with E-state index in [-0.39, 0.29) is 11.6 Å². The van der Waals surface area contributed by atoms with Crippen LogP contribution in [0.3, 0.4) is 0 Å². The standard InChI is InChI=1S/C16H15Cl2NO2/c1-9-7-11(16(20)21)3-6-15(9)19-10(2)13-8-12(17)4-5-14(13)18/h3-8,10,19H,1-2H3,(H,20,21)/t10-/m1/s1. The Hall–Kier alpha value is -1.71. The van der Waals surface area contributed by atoms with E-state index >= 15 is 0 Å². The van der Waals surface area contributed by atoms with Crippen molar-refractivity contribution in [2.24, 2.45) is 0 Å². The Morgan fingerprint density at radius 3 is 2.52 bits per heavy atom. The largest absolute Gasteiger partial charge is 0.478 e. The molecule has 0 amide bonds. The first-order chi connectivity index (χ1) is 9.88. The molecule has 0 aliphatic rings. The molecule has 21 heavy (non-hydrogen) atoms. The highest BCUT2D eigenvalue weighted by atomic mass is 35.5. The second-order valence-corrected chi connectivity index (χ2v) is 5.71. The average Bonchev–Trinajstić information content (AvgIpc) is 2.43. The van der Waals surface area contributed by atoms with E-state index in [0.29, 0.717) is 10.0 Å². The van der Waals surface area contributed by atoms with Crippen LogP contribution in [0.25, 0.3) is 0 Å². The Morgan fingerprint density at radius 2 is 1.90 bits per heavy atom. The van der Waals surface area contributed by atoms with Crippen LogP contribution in [0.1, 0.15) is 34.5 Å². The maximum atomic E-state index is 10.9. The summed E-state index contributed by atoms with van der Waals surface area (Å²) in [6.45, 7) is 3.84. The lowest BCUT2D eigenvalue weighted by Gasteiger charge is -2.19. The summed E-state index contributed by atoms with van der Waals surface area (Å²) >= 11 is 12.2. The van der Waals surface area contributed by atoms with Gasteiger partial charge in [-0.3, -0.25) is 0 Å². The van der Waals surface area contributed by atoms with Crippen LogP contribution in [0.5, 0.6) is 0 Å². The lowest BCUT2D eigenvalue weighted by Crippen LogP contribution is -2.09. The van der Waals surface area contributed by atoms with E-state index < -0.39 is 5.97 Å². The molecule has 5 heteroatoms. The molecule has 3 nitrogen and oxygen atoms in total. The lowest BCUT2D eigenvalue weighted by molar-refractivity contribution is 0.0697. The van der Waals surface area contributed by atoms with Gasteiger partial charge < -0.3 is 10.4 Å². The van der Waals surface area contributed by atoms with Crippen molar-refractivity contribution >= 4 is 34.9 Å². The van der Waals surface area contributed by atoms with E-state index in [1.807, 2.05) is 19.9 Å². The van der Waals surface area contributed by atoms with Crippen LogP contribution >= 0.6 is 23.2 Å². The Kier molecular flexibility index (Phi) is 4.76. The molecule has 0 saturated carbocycles. The van der Waals surface area contributed by atoms with Crippen molar-refractivity contribution < 1.29 is 9.90 Å². The summed E-state index contributed by atoms with van der Waals surface area (Å²) < 4.78 is 0. The van der Waals surface area contributed by atoms with Gasteiger partial charge >= 0.3 is 5.97 Å². The van der Waals surface area contributed by atoms with Gasteiger partial charge in [0.1, 0.15) is 0 Å². The number of hydrogen-bond acceptors (Lipinski definition) is 2. The highest BCUT2D eigenvalue weighted by Gasteiger charge is 2.12. The molecule has 1 atom stereocenters. The van der Waals surface area contributed by atoms with Crippen LogP contribution in [-0.4, -0.2) is 11.1 Å². The molecule has 0 heterocycles. The van der Waals surface area contributed by atoms with E-state index in [9.17, 15) is 4.79 Å². The summed E-state index contributed by atoms with van der Waals surface area (Å²) in [4.78, 5) is 10.9. The zero-order valence-corrected chi connectivity index (χ0v) is 13.2. The first kappa shape index (κ1) is 15.7. The fraction of sp³-hybridized carbons (Fsp3) is 0.188. The summed E-state index contributed by atoms with van der Waals surface area (Å²) in [7, 11) is 0. The molecule has 0 unspecified atom stereocenters. The second kappa shape index (κ2) is 6.37. The van der Waals surface area contributed by atoms with Gasteiger partial charge in [-0.2, -0.15) is 0 Å².